The van der Waals surface area contributed by atoms with Crippen LogP contribution in [0.25, 0.3) is 0 Å². The van der Waals surface area contributed by atoms with Crippen LogP contribution in [0.5, 0.6) is 11.5 Å². The molecule has 5 nitrogen and oxygen atoms in total. The summed E-state index contributed by atoms with van der Waals surface area (Å²) in [5.74, 6) is 0.428. The van der Waals surface area contributed by atoms with Gasteiger partial charge in [-0.05, 0) is 60.1 Å². The molecule has 0 aromatic heterocycles. The number of hydrogen-bond acceptors (Lipinski definition) is 4. The molecule has 0 radical (unpaired) electrons. The number of amides is 1. The van der Waals surface area contributed by atoms with Crippen molar-refractivity contribution in [1.29, 1.82) is 0 Å². The monoisotopic (exact) mass is 405 g/mol. The highest BCUT2D eigenvalue weighted by Crippen LogP contribution is 2.27. The summed E-state index contributed by atoms with van der Waals surface area (Å²) in [6.07, 6.45) is 0.415. The molecule has 2 aromatic rings. The molecule has 1 amide bonds. The van der Waals surface area contributed by atoms with Crippen LogP contribution in [0.2, 0.25) is 0 Å². The summed E-state index contributed by atoms with van der Waals surface area (Å²) in [5.41, 5.74) is 0.977. The quantitative estimate of drug-likeness (QED) is 0.553. The summed E-state index contributed by atoms with van der Waals surface area (Å²) in [6, 6.07) is 11.7. The van der Waals surface area contributed by atoms with Crippen LogP contribution in [0.15, 0.2) is 46.9 Å². The molecule has 0 heterocycles. The normalized spacial score (nSPS) is 10.4. The van der Waals surface area contributed by atoms with Crippen LogP contribution in [0, 0.1) is 0 Å². The lowest BCUT2D eigenvalue weighted by Crippen LogP contribution is -2.11. The van der Waals surface area contributed by atoms with Crippen LogP contribution in [0.1, 0.15) is 37.6 Å². The Morgan fingerprint density at radius 2 is 1.92 bits per heavy atom. The Balaban J connectivity index is 2.10. The van der Waals surface area contributed by atoms with Crippen molar-refractivity contribution in [2.24, 2.45) is 0 Å². The Kier molecular flexibility index (Phi) is 6.58. The molecular weight excluding hydrogens is 386 g/mol. The number of benzene rings is 2. The van der Waals surface area contributed by atoms with E-state index in [4.69, 9.17) is 9.47 Å². The van der Waals surface area contributed by atoms with Gasteiger partial charge in [0.2, 0.25) is 5.91 Å². The molecule has 2 aromatic carbocycles. The van der Waals surface area contributed by atoms with Gasteiger partial charge in [0.05, 0.1) is 16.1 Å². The molecule has 0 aliphatic carbocycles. The third-order valence-electron chi connectivity index (χ3n) is 3.18. The summed E-state index contributed by atoms with van der Waals surface area (Å²) in [4.78, 5) is 23.8. The molecular formula is C19H20BrNO4. The Morgan fingerprint density at radius 1 is 1.16 bits per heavy atom. The molecule has 6 heteroatoms. The number of rotatable bonds is 6. The van der Waals surface area contributed by atoms with E-state index in [1.807, 2.05) is 13.8 Å². The van der Waals surface area contributed by atoms with Gasteiger partial charge in [-0.1, -0.05) is 13.0 Å². The molecule has 0 unspecified atom stereocenters. The third-order valence-corrected chi connectivity index (χ3v) is 3.80. The first-order chi connectivity index (χ1) is 11.9. The van der Waals surface area contributed by atoms with Crippen LogP contribution in [0.3, 0.4) is 0 Å². The number of carbonyl (C=O) groups is 2. The second-order valence-electron chi connectivity index (χ2n) is 5.63. The van der Waals surface area contributed by atoms with E-state index in [1.54, 1.807) is 49.4 Å². The van der Waals surface area contributed by atoms with Gasteiger partial charge in [0, 0.05) is 18.2 Å². The smallest absolute Gasteiger partial charge is 0.343 e. The van der Waals surface area contributed by atoms with Gasteiger partial charge < -0.3 is 14.8 Å². The molecule has 1 N–H and O–H groups in total. The summed E-state index contributed by atoms with van der Waals surface area (Å²) in [6.45, 7) is 5.63. The number of nitrogens with one attached hydrogen (secondary N) is 1. The fourth-order valence-corrected chi connectivity index (χ4v) is 2.50. The van der Waals surface area contributed by atoms with Crippen molar-refractivity contribution in [2.75, 3.05) is 5.32 Å². The highest BCUT2D eigenvalue weighted by Gasteiger charge is 2.13. The zero-order chi connectivity index (χ0) is 18.4. The molecule has 0 spiro atoms. The number of ether oxygens (including phenoxy) is 2. The van der Waals surface area contributed by atoms with Crippen molar-refractivity contribution in [2.45, 2.75) is 33.3 Å². The summed E-state index contributed by atoms with van der Waals surface area (Å²) in [7, 11) is 0. The maximum Gasteiger partial charge on any atom is 0.343 e. The molecule has 0 aliphatic heterocycles. The van der Waals surface area contributed by atoms with Crippen molar-refractivity contribution in [3.63, 3.8) is 0 Å². The van der Waals surface area contributed by atoms with Crippen molar-refractivity contribution < 1.29 is 19.1 Å². The minimum Gasteiger partial charge on any atom is -0.490 e. The predicted molar refractivity (Wildman–Crippen MR) is 100 cm³/mol. The van der Waals surface area contributed by atoms with Gasteiger partial charge in [-0.2, -0.15) is 0 Å². The van der Waals surface area contributed by atoms with E-state index in [2.05, 4.69) is 21.2 Å². The molecule has 0 saturated carbocycles. The highest BCUT2D eigenvalue weighted by molar-refractivity contribution is 9.10. The van der Waals surface area contributed by atoms with Gasteiger partial charge in [0.25, 0.3) is 0 Å². The summed E-state index contributed by atoms with van der Waals surface area (Å²) >= 11 is 3.40. The van der Waals surface area contributed by atoms with E-state index < -0.39 is 5.97 Å². The maximum absolute atomic E-state index is 12.3. The molecule has 2 rings (SSSR count). The van der Waals surface area contributed by atoms with Crippen molar-refractivity contribution in [1.82, 2.24) is 0 Å². The first-order valence-corrected chi connectivity index (χ1v) is 8.76. The molecule has 25 heavy (non-hydrogen) atoms. The van der Waals surface area contributed by atoms with Gasteiger partial charge in [0.15, 0.2) is 0 Å². The molecule has 0 saturated heterocycles. The maximum atomic E-state index is 12.3. The Bertz CT molecular complexity index is 774. The first-order valence-electron chi connectivity index (χ1n) is 7.97. The van der Waals surface area contributed by atoms with Gasteiger partial charge in [0.1, 0.15) is 11.5 Å². The molecule has 0 fully saturated rings. The fraction of sp³-hybridized carbons (Fsp3) is 0.263. The van der Waals surface area contributed by atoms with E-state index in [0.717, 1.165) is 0 Å². The van der Waals surface area contributed by atoms with E-state index >= 15 is 0 Å². The molecule has 0 atom stereocenters. The lowest BCUT2D eigenvalue weighted by Gasteiger charge is -2.12. The van der Waals surface area contributed by atoms with Gasteiger partial charge in [-0.3, -0.25) is 4.79 Å². The van der Waals surface area contributed by atoms with Crippen molar-refractivity contribution in [3.05, 3.63) is 52.5 Å². The van der Waals surface area contributed by atoms with Gasteiger partial charge in [-0.25, -0.2) is 4.79 Å². The average Bonchev–Trinajstić information content (AvgIpc) is 2.56. The van der Waals surface area contributed by atoms with Gasteiger partial charge >= 0.3 is 5.97 Å². The number of hydrogen-bond donors (Lipinski definition) is 1. The zero-order valence-electron chi connectivity index (χ0n) is 14.3. The average molecular weight is 406 g/mol. The zero-order valence-corrected chi connectivity index (χ0v) is 15.9. The largest absolute Gasteiger partial charge is 0.490 e. The lowest BCUT2D eigenvalue weighted by molar-refractivity contribution is -0.115. The van der Waals surface area contributed by atoms with Crippen LogP contribution in [-0.4, -0.2) is 18.0 Å². The van der Waals surface area contributed by atoms with Crippen molar-refractivity contribution >= 4 is 33.5 Å². The lowest BCUT2D eigenvalue weighted by atomic mass is 10.2. The van der Waals surface area contributed by atoms with Gasteiger partial charge in [-0.15, -0.1) is 0 Å². The standard InChI is InChI=1S/C19H20BrNO4/c1-4-18(22)21-14-6-5-7-15(11-14)25-19(23)13-8-9-17(16(20)10-13)24-12(2)3/h5-12H,4H2,1-3H3,(H,21,22). The number of esters is 1. The Labute approximate surface area is 155 Å². The van der Waals surface area contributed by atoms with Crippen molar-refractivity contribution in [3.8, 4) is 11.5 Å². The van der Waals surface area contributed by atoms with Crippen LogP contribution >= 0.6 is 15.9 Å². The molecule has 0 aliphatic rings. The van der Waals surface area contributed by atoms with E-state index in [0.29, 0.717) is 33.6 Å². The SMILES string of the molecule is CCC(=O)Nc1cccc(OC(=O)c2ccc(OC(C)C)c(Br)c2)c1. The third kappa shape index (κ3) is 5.60. The predicted octanol–water partition coefficient (Wildman–Crippen LogP) is 4.80. The molecule has 132 valence electrons. The van der Waals surface area contributed by atoms with E-state index in [1.165, 1.54) is 0 Å². The summed E-state index contributed by atoms with van der Waals surface area (Å²) < 4.78 is 11.7. The van der Waals surface area contributed by atoms with E-state index in [9.17, 15) is 9.59 Å². The second-order valence-corrected chi connectivity index (χ2v) is 6.49. The Morgan fingerprint density at radius 3 is 2.56 bits per heavy atom. The van der Waals surface area contributed by atoms with Crippen LogP contribution in [0.4, 0.5) is 5.69 Å². The number of halogens is 1. The minimum absolute atomic E-state index is 0.0372. The second kappa shape index (κ2) is 8.67. The van der Waals surface area contributed by atoms with E-state index in [-0.39, 0.29) is 12.0 Å². The topological polar surface area (TPSA) is 64.6 Å². The first kappa shape index (κ1) is 19.0. The van der Waals surface area contributed by atoms with Crippen LogP contribution in [-0.2, 0) is 4.79 Å². The minimum atomic E-state index is -0.490. The van der Waals surface area contributed by atoms with Crippen LogP contribution < -0.4 is 14.8 Å². The summed E-state index contributed by atoms with van der Waals surface area (Å²) in [5, 5.41) is 2.73. The fourth-order valence-electron chi connectivity index (χ4n) is 2.03. The Hall–Kier alpha value is -2.34. The molecule has 0 bridgehead atoms. The highest BCUT2D eigenvalue weighted by atomic mass is 79.9. The number of carbonyl (C=O) groups excluding carboxylic acids is 2. The number of anilines is 1.